The summed E-state index contributed by atoms with van der Waals surface area (Å²) in [5.74, 6) is 1.03. The molecule has 7 heteroatoms. The molecule has 0 bridgehead atoms. The maximum Gasteiger partial charge on any atom is 0.158 e. The summed E-state index contributed by atoms with van der Waals surface area (Å²) < 4.78 is 6.14. The summed E-state index contributed by atoms with van der Waals surface area (Å²) in [5.41, 5.74) is 7.69. The van der Waals surface area contributed by atoms with Crippen LogP contribution in [0.4, 0.5) is 0 Å². The van der Waals surface area contributed by atoms with Crippen molar-refractivity contribution >= 4 is 5.65 Å². The first-order chi connectivity index (χ1) is 14.1. The quantitative estimate of drug-likeness (QED) is 0.518. The van der Waals surface area contributed by atoms with Gasteiger partial charge >= 0.3 is 0 Å². The van der Waals surface area contributed by atoms with E-state index in [0.717, 1.165) is 41.3 Å². The van der Waals surface area contributed by atoms with Crippen molar-refractivity contribution < 1.29 is 0 Å². The normalized spacial score (nSPS) is 21.2. The van der Waals surface area contributed by atoms with Crippen LogP contribution in [-0.4, -0.2) is 34.2 Å². The molecule has 4 heterocycles. The van der Waals surface area contributed by atoms with E-state index < -0.39 is 0 Å². The zero-order chi connectivity index (χ0) is 19.7. The SMILES string of the molecule is CCn1nc(C2CC2c2cnn(C3CC3)c2)cc1-c1cc(C)n2ncc(C)c2n1. The number of hydrogen-bond donors (Lipinski definition) is 0. The molecule has 6 rings (SSSR count). The number of hydrogen-bond acceptors (Lipinski definition) is 4. The molecule has 29 heavy (non-hydrogen) atoms. The molecule has 2 aliphatic carbocycles. The molecule has 7 nitrogen and oxygen atoms in total. The maximum atomic E-state index is 4.94. The molecule has 2 unspecified atom stereocenters. The molecule has 0 amide bonds. The highest BCUT2D eigenvalue weighted by atomic mass is 15.3. The van der Waals surface area contributed by atoms with Gasteiger partial charge in [-0.2, -0.15) is 15.3 Å². The van der Waals surface area contributed by atoms with Gasteiger partial charge in [-0.1, -0.05) is 0 Å². The van der Waals surface area contributed by atoms with Crippen molar-refractivity contribution in [3.63, 3.8) is 0 Å². The van der Waals surface area contributed by atoms with Crippen LogP contribution in [0.1, 0.15) is 66.6 Å². The van der Waals surface area contributed by atoms with E-state index in [9.17, 15) is 0 Å². The third-order valence-corrected chi connectivity index (χ3v) is 6.33. The zero-order valence-corrected chi connectivity index (χ0v) is 17.1. The van der Waals surface area contributed by atoms with Gasteiger partial charge in [0.15, 0.2) is 5.65 Å². The van der Waals surface area contributed by atoms with Gasteiger partial charge in [-0.25, -0.2) is 9.50 Å². The summed E-state index contributed by atoms with van der Waals surface area (Å²) in [6.45, 7) is 7.10. The van der Waals surface area contributed by atoms with Crippen LogP contribution in [0.15, 0.2) is 30.7 Å². The number of aromatic nitrogens is 7. The van der Waals surface area contributed by atoms with Crippen LogP contribution >= 0.6 is 0 Å². The first kappa shape index (κ1) is 16.9. The Morgan fingerprint density at radius 1 is 1.07 bits per heavy atom. The van der Waals surface area contributed by atoms with Gasteiger partial charge in [0.1, 0.15) is 0 Å². The van der Waals surface area contributed by atoms with Crippen molar-refractivity contribution in [3.8, 4) is 11.4 Å². The smallest absolute Gasteiger partial charge is 0.158 e. The van der Waals surface area contributed by atoms with E-state index in [0.29, 0.717) is 17.9 Å². The Hall–Kier alpha value is -2.96. The van der Waals surface area contributed by atoms with Crippen LogP contribution in [0.5, 0.6) is 0 Å². The predicted octanol–water partition coefficient (Wildman–Crippen LogP) is 4.03. The monoisotopic (exact) mass is 387 g/mol. The summed E-state index contributed by atoms with van der Waals surface area (Å²) in [5, 5.41) is 13.9. The van der Waals surface area contributed by atoms with Gasteiger partial charge < -0.3 is 0 Å². The standard InChI is InChI=1S/C22H25N7/c1-4-27-21(20-7-14(3)29-22(25-20)13(2)10-24-29)9-19(26-27)18-8-17(18)15-11-23-28(12-15)16-5-6-16/h7,9-12,16-18H,4-6,8H2,1-3H3. The molecule has 2 saturated carbocycles. The highest BCUT2D eigenvalue weighted by molar-refractivity contribution is 5.61. The fourth-order valence-electron chi connectivity index (χ4n) is 4.39. The van der Waals surface area contributed by atoms with E-state index in [1.807, 2.05) is 10.7 Å². The average molecular weight is 387 g/mol. The Morgan fingerprint density at radius 2 is 1.93 bits per heavy atom. The fraction of sp³-hybridized carbons (Fsp3) is 0.455. The molecule has 0 saturated heterocycles. The molecule has 4 aromatic rings. The maximum absolute atomic E-state index is 4.94. The summed E-state index contributed by atoms with van der Waals surface area (Å²) in [7, 11) is 0. The summed E-state index contributed by atoms with van der Waals surface area (Å²) in [4.78, 5) is 4.90. The molecule has 0 aliphatic heterocycles. The van der Waals surface area contributed by atoms with Gasteiger partial charge in [0, 0.05) is 29.9 Å². The summed E-state index contributed by atoms with van der Waals surface area (Å²) in [6, 6.07) is 4.99. The van der Waals surface area contributed by atoms with Gasteiger partial charge in [-0.15, -0.1) is 0 Å². The molecule has 0 N–H and O–H groups in total. The molecule has 2 atom stereocenters. The second-order valence-electron chi connectivity index (χ2n) is 8.55. The van der Waals surface area contributed by atoms with E-state index in [2.05, 4.69) is 64.9 Å². The van der Waals surface area contributed by atoms with Crippen molar-refractivity contribution in [2.45, 2.75) is 64.5 Å². The van der Waals surface area contributed by atoms with Gasteiger partial charge in [-0.05, 0) is 63.6 Å². The molecular weight excluding hydrogens is 362 g/mol. The highest BCUT2D eigenvalue weighted by Gasteiger charge is 2.43. The lowest BCUT2D eigenvalue weighted by molar-refractivity contribution is 0.640. The lowest BCUT2D eigenvalue weighted by Crippen LogP contribution is -2.03. The Balaban J connectivity index is 1.33. The number of nitrogens with zero attached hydrogens (tertiary/aromatic N) is 7. The van der Waals surface area contributed by atoms with E-state index in [1.165, 1.54) is 24.1 Å². The van der Waals surface area contributed by atoms with Gasteiger partial charge in [-0.3, -0.25) is 9.36 Å². The molecule has 0 aromatic carbocycles. The van der Waals surface area contributed by atoms with Crippen molar-refractivity contribution in [1.29, 1.82) is 0 Å². The first-order valence-corrected chi connectivity index (χ1v) is 10.6. The zero-order valence-electron chi connectivity index (χ0n) is 17.1. The molecule has 0 radical (unpaired) electrons. The van der Waals surface area contributed by atoms with E-state index in [4.69, 9.17) is 10.1 Å². The molecular formula is C22H25N7. The minimum absolute atomic E-state index is 0.486. The minimum atomic E-state index is 0.486. The van der Waals surface area contributed by atoms with E-state index in [-0.39, 0.29) is 0 Å². The van der Waals surface area contributed by atoms with Crippen molar-refractivity contribution in [1.82, 2.24) is 34.2 Å². The number of fused-ring (bicyclic) bond motifs is 1. The van der Waals surface area contributed by atoms with Crippen LogP contribution in [0.3, 0.4) is 0 Å². The third-order valence-electron chi connectivity index (χ3n) is 6.33. The molecule has 148 valence electrons. The van der Waals surface area contributed by atoms with Crippen LogP contribution in [0.25, 0.3) is 17.0 Å². The second-order valence-corrected chi connectivity index (χ2v) is 8.55. The Bertz CT molecular complexity index is 1220. The van der Waals surface area contributed by atoms with Crippen LogP contribution in [0.2, 0.25) is 0 Å². The lowest BCUT2D eigenvalue weighted by Gasteiger charge is -2.07. The third kappa shape index (κ3) is 2.71. The number of rotatable bonds is 5. The van der Waals surface area contributed by atoms with Crippen molar-refractivity contribution in [3.05, 3.63) is 53.2 Å². The Kier molecular flexibility index (Phi) is 3.52. The summed E-state index contributed by atoms with van der Waals surface area (Å²) >= 11 is 0. The van der Waals surface area contributed by atoms with Gasteiger partial charge in [0.25, 0.3) is 0 Å². The van der Waals surface area contributed by atoms with E-state index >= 15 is 0 Å². The molecule has 2 aliphatic rings. The summed E-state index contributed by atoms with van der Waals surface area (Å²) in [6.07, 6.45) is 9.88. The second kappa shape index (κ2) is 6.02. The molecule has 2 fully saturated rings. The van der Waals surface area contributed by atoms with Crippen LogP contribution < -0.4 is 0 Å². The van der Waals surface area contributed by atoms with E-state index in [1.54, 1.807) is 0 Å². The Labute approximate surface area is 169 Å². The van der Waals surface area contributed by atoms with Crippen LogP contribution in [-0.2, 0) is 6.54 Å². The lowest BCUT2D eigenvalue weighted by atomic mass is 10.1. The molecule has 4 aromatic heterocycles. The Morgan fingerprint density at radius 3 is 2.72 bits per heavy atom. The van der Waals surface area contributed by atoms with Crippen molar-refractivity contribution in [2.24, 2.45) is 0 Å². The molecule has 0 spiro atoms. The van der Waals surface area contributed by atoms with Gasteiger partial charge in [0.2, 0.25) is 0 Å². The van der Waals surface area contributed by atoms with Crippen molar-refractivity contribution in [2.75, 3.05) is 0 Å². The fourth-order valence-corrected chi connectivity index (χ4v) is 4.39. The largest absolute Gasteiger partial charge is 0.269 e. The first-order valence-electron chi connectivity index (χ1n) is 10.6. The average Bonchev–Trinajstić information content (AvgIpc) is 3.60. The minimum Gasteiger partial charge on any atom is -0.269 e. The highest BCUT2D eigenvalue weighted by Crippen LogP contribution is 2.54. The van der Waals surface area contributed by atoms with Gasteiger partial charge in [0.05, 0.1) is 35.5 Å². The predicted molar refractivity (Wildman–Crippen MR) is 110 cm³/mol. The van der Waals surface area contributed by atoms with Crippen LogP contribution in [0, 0.1) is 13.8 Å². The topological polar surface area (TPSA) is 65.8 Å². The number of aryl methyl sites for hydroxylation is 3.